The monoisotopic (exact) mass is 331 g/mol. The van der Waals surface area contributed by atoms with Crippen molar-refractivity contribution in [2.75, 3.05) is 5.32 Å². The smallest absolute Gasteiger partial charge is 0.337 e. The summed E-state index contributed by atoms with van der Waals surface area (Å²) in [5, 5.41) is 21.0. The minimum absolute atomic E-state index is 0.158. The SMILES string of the molecule is Cc1nc(Nc2cc(Br)ccc2C#N)ccc1C(=O)O. The first-order valence-electron chi connectivity index (χ1n) is 5.69. The summed E-state index contributed by atoms with van der Waals surface area (Å²) in [6.45, 7) is 1.63. The molecule has 0 aliphatic carbocycles. The van der Waals surface area contributed by atoms with E-state index >= 15 is 0 Å². The highest BCUT2D eigenvalue weighted by molar-refractivity contribution is 9.10. The Hall–Kier alpha value is -2.39. The standard InChI is InChI=1S/C14H10BrN3O2/c1-8-11(14(19)20)4-5-13(17-8)18-12-6-10(15)3-2-9(12)7-16/h2-6H,1H3,(H,17,18)(H,19,20). The number of anilines is 2. The van der Waals surface area contributed by atoms with Gasteiger partial charge in [-0.3, -0.25) is 0 Å². The number of halogens is 1. The molecule has 2 rings (SSSR count). The van der Waals surface area contributed by atoms with E-state index in [0.717, 1.165) is 4.47 Å². The van der Waals surface area contributed by atoms with Gasteiger partial charge in [0.25, 0.3) is 0 Å². The number of aryl methyl sites for hydroxylation is 1. The maximum absolute atomic E-state index is 10.9. The number of hydrogen-bond acceptors (Lipinski definition) is 4. The molecule has 0 radical (unpaired) electrons. The van der Waals surface area contributed by atoms with E-state index in [-0.39, 0.29) is 5.56 Å². The molecule has 0 saturated heterocycles. The Kier molecular flexibility index (Phi) is 4.01. The van der Waals surface area contributed by atoms with Gasteiger partial charge in [0, 0.05) is 4.47 Å². The fourth-order valence-corrected chi connectivity index (χ4v) is 2.07. The average Bonchev–Trinajstić information content (AvgIpc) is 2.38. The second-order valence-electron chi connectivity index (χ2n) is 4.06. The lowest BCUT2D eigenvalue weighted by molar-refractivity contribution is 0.0695. The summed E-state index contributed by atoms with van der Waals surface area (Å²) in [6.07, 6.45) is 0. The van der Waals surface area contributed by atoms with Gasteiger partial charge in [0.05, 0.1) is 22.5 Å². The van der Waals surface area contributed by atoms with Gasteiger partial charge in [-0.2, -0.15) is 5.26 Å². The second-order valence-corrected chi connectivity index (χ2v) is 4.98. The molecule has 0 atom stereocenters. The Labute approximate surface area is 124 Å². The van der Waals surface area contributed by atoms with E-state index in [2.05, 4.69) is 32.3 Å². The van der Waals surface area contributed by atoms with Crippen LogP contribution < -0.4 is 5.32 Å². The molecule has 1 heterocycles. The van der Waals surface area contributed by atoms with Crippen LogP contribution in [0.1, 0.15) is 21.6 Å². The van der Waals surface area contributed by atoms with Crippen molar-refractivity contribution < 1.29 is 9.90 Å². The number of carboxylic acids is 1. The number of carbonyl (C=O) groups is 1. The number of benzene rings is 1. The van der Waals surface area contributed by atoms with Gasteiger partial charge in [-0.15, -0.1) is 0 Å². The molecule has 0 saturated carbocycles. The molecule has 1 aromatic heterocycles. The zero-order chi connectivity index (χ0) is 14.7. The highest BCUT2D eigenvalue weighted by Crippen LogP contribution is 2.24. The van der Waals surface area contributed by atoms with Crippen LogP contribution in [0.15, 0.2) is 34.8 Å². The minimum atomic E-state index is -1.01. The number of nitrogens with one attached hydrogen (secondary N) is 1. The normalized spacial score (nSPS) is 9.85. The van der Waals surface area contributed by atoms with Gasteiger partial charge in [0.2, 0.25) is 0 Å². The highest BCUT2D eigenvalue weighted by Gasteiger charge is 2.10. The van der Waals surface area contributed by atoms with Crippen LogP contribution in [0, 0.1) is 18.3 Å². The first-order valence-corrected chi connectivity index (χ1v) is 6.48. The van der Waals surface area contributed by atoms with E-state index < -0.39 is 5.97 Å². The molecule has 6 heteroatoms. The van der Waals surface area contributed by atoms with Crippen molar-refractivity contribution in [3.8, 4) is 6.07 Å². The number of carboxylic acid groups (broad SMARTS) is 1. The molecule has 0 aliphatic heterocycles. The van der Waals surface area contributed by atoms with Crippen LogP contribution in [0.5, 0.6) is 0 Å². The van der Waals surface area contributed by atoms with Gasteiger partial charge in [0.15, 0.2) is 0 Å². The van der Waals surface area contributed by atoms with Gasteiger partial charge in [-0.05, 0) is 37.3 Å². The number of pyridine rings is 1. The van der Waals surface area contributed by atoms with Crippen molar-refractivity contribution in [1.82, 2.24) is 4.98 Å². The summed E-state index contributed by atoms with van der Waals surface area (Å²) in [6, 6.07) is 10.4. The van der Waals surface area contributed by atoms with E-state index in [1.54, 1.807) is 31.2 Å². The number of nitrogens with zero attached hydrogens (tertiary/aromatic N) is 2. The third-order valence-corrected chi connectivity index (χ3v) is 3.17. The minimum Gasteiger partial charge on any atom is -0.478 e. The first kappa shape index (κ1) is 14.0. The largest absolute Gasteiger partial charge is 0.478 e. The Balaban J connectivity index is 2.36. The molecule has 2 N–H and O–H groups in total. The molecular formula is C14H10BrN3O2. The predicted octanol–water partition coefficient (Wildman–Crippen LogP) is 3.47. The van der Waals surface area contributed by atoms with Crippen LogP contribution in [0.2, 0.25) is 0 Å². The van der Waals surface area contributed by atoms with E-state index in [4.69, 9.17) is 10.4 Å². The summed E-state index contributed by atoms with van der Waals surface area (Å²) >= 11 is 3.34. The summed E-state index contributed by atoms with van der Waals surface area (Å²) in [7, 11) is 0. The molecular weight excluding hydrogens is 322 g/mol. The lowest BCUT2D eigenvalue weighted by Gasteiger charge is -2.09. The molecule has 0 unspecified atom stereocenters. The molecule has 2 aromatic rings. The molecule has 0 bridgehead atoms. The summed E-state index contributed by atoms with van der Waals surface area (Å²) < 4.78 is 0.831. The Bertz CT molecular complexity index is 723. The van der Waals surface area contributed by atoms with Gasteiger partial charge in [-0.1, -0.05) is 15.9 Å². The van der Waals surface area contributed by atoms with Gasteiger partial charge < -0.3 is 10.4 Å². The topological polar surface area (TPSA) is 86.0 Å². The van der Waals surface area contributed by atoms with Crippen molar-refractivity contribution in [2.24, 2.45) is 0 Å². The Morgan fingerprint density at radius 3 is 2.75 bits per heavy atom. The maximum atomic E-state index is 10.9. The third kappa shape index (κ3) is 2.95. The molecule has 5 nitrogen and oxygen atoms in total. The number of aromatic nitrogens is 1. The number of hydrogen-bond donors (Lipinski definition) is 2. The van der Waals surface area contributed by atoms with Crippen molar-refractivity contribution in [3.05, 3.63) is 51.6 Å². The average molecular weight is 332 g/mol. The van der Waals surface area contributed by atoms with E-state index in [9.17, 15) is 4.79 Å². The van der Waals surface area contributed by atoms with Crippen molar-refractivity contribution in [2.45, 2.75) is 6.92 Å². The van der Waals surface area contributed by atoms with Crippen LogP contribution in [0.25, 0.3) is 0 Å². The fraction of sp³-hybridized carbons (Fsp3) is 0.0714. The Morgan fingerprint density at radius 1 is 1.40 bits per heavy atom. The number of rotatable bonds is 3. The Morgan fingerprint density at radius 2 is 2.15 bits per heavy atom. The van der Waals surface area contributed by atoms with Crippen LogP contribution in [-0.2, 0) is 0 Å². The molecule has 0 aliphatic rings. The summed E-state index contributed by atoms with van der Waals surface area (Å²) in [5.41, 5.74) is 1.66. The van der Waals surface area contributed by atoms with Crippen molar-refractivity contribution in [3.63, 3.8) is 0 Å². The van der Waals surface area contributed by atoms with Crippen LogP contribution in [-0.4, -0.2) is 16.1 Å². The van der Waals surface area contributed by atoms with E-state index in [0.29, 0.717) is 22.8 Å². The first-order chi connectivity index (χ1) is 9.51. The van der Waals surface area contributed by atoms with Crippen LogP contribution in [0.3, 0.4) is 0 Å². The van der Waals surface area contributed by atoms with E-state index in [1.165, 1.54) is 6.07 Å². The van der Waals surface area contributed by atoms with Gasteiger partial charge >= 0.3 is 5.97 Å². The zero-order valence-electron chi connectivity index (χ0n) is 10.5. The third-order valence-electron chi connectivity index (χ3n) is 2.68. The number of nitriles is 1. The predicted molar refractivity (Wildman–Crippen MR) is 78.1 cm³/mol. The number of aromatic carboxylic acids is 1. The maximum Gasteiger partial charge on any atom is 0.337 e. The molecule has 20 heavy (non-hydrogen) atoms. The lowest BCUT2D eigenvalue weighted by Crippen LogP contribution is -2.04. The zero-order valence-corrected chi connectivity index (χ0v) is 12.1. The van der Waals surface area contributed by atoms with Gasteiger partial charge in [0.1, 0.15) is 11.9 Å². The summed E-state index contributed by atoms with van der Waals surface area (Å²) in [5.74, 6) is -0.524. The molecule has 0 spiro atoms. The van der Waals surface area contributed by atoms with Gasteiger partial charge in [-0.25, -0.2) is 9.78 Å². The highest BCUT2D eigenvalue weighted by atomic mass is 79.9. The molecule has 100 valence electrons. The summed E-state index contributed by atoms with van der Waals surface area (Å²) in [4.78, 5) is 15.1. The van der Waals surface area contributed by atoms with Crippen molar-refractivity contribution >= 4 is 33.4 Å². The lowest BCUT2D eigenvalue weighted by atomic mass is 10.2. The second kappa shape index (κ2) is 5.72. The molecule has 1 aromatic carbocycles. The van der Waals surface area contributed by atoms with E-state index in [1.807, 2.05) is 0 Å². The van der Waals surface area contributed by atoms with Crippen molar-refractivity contribution in [1.29, 1.82) is 5.26 Å². The fourth-order valence-electron chi connectivity index (χ4n) is 1.71. The van der Waals surface area contributed by atoms with Crippen LogP contribution in [0.4, 0.5) is 11.5 Å². The quantitative estimate of drug-likeness (QED) is 0.899. The molecule has 0 amide bonds. The molecule has 0 fully saturated rings. The van der Waals surface area contributed by atoms with Crippen LogP contribution >= 0.6 is 15.9 Å².